The SMILES string of the molecule is CCOCCCNS(=O)(=O)c1cc(Br)c(C)cc1Br. The van der Waals surface area contributed by atoms with Gasteiger partial charge in [-0.3, -0.25) is 0 Å². The van der Waals surface area contributed by atoms with Crippen LogP contribution in [0.25, 0.3) is 0 Å². The number of aryl methyl sites for hydroxylation is 1. The molecule has 4 nitrogen and oxygen atoms in total. The standard InChI is InChI=1S/C12H17Br2NO3S/c1-3-18-6-4-5-15-19(16,17)12-8-10(13)9(2)7-11(12)14/h7-8,15H,3-6H2,1-2H3. The Balaban J connectivity index is 2.75. The van der Waals surface area contributed by atoms with E-state index in [2.05, 4.69) is 36.6 Å². The van der Waals surface area contributed by atoms with Crippen molar-refractivity contribution < 1.29 is 13.2 Å². The summed E-state index contributed by atoms with van der Waals surface area (Å²) in [4.78, 5) is 0.237. The molecule has 0 radical (unpaired) electrons. The third kappa shape index (κ3) is 5.15. The molecule has 0 aromatic heterocycles. The van der Waals surface area contributed by atoms with Gasteiger partial charge in [-0.1, -0.05) is 15.9 Å². The number of benzene rings is 1. The van der Waals surface area contributed by atoms with Crippen molar-refractivity contribution in [3.8, 4) is 0 Å². The zero-order valence-electron chi connectivity index (χ0n) is 10.9. The fourth-order valence-electron chi connectivity index (χ4n) is 1.44. The maximum Gasteiger partial charge on any atom is 0.241 e. The van der Waals surface area contributed by atoms with Gasteiger partial charge < -0.3 is 4.74 Å². The van der Waals surface area contributed by atoms with Gasteiger partial charge in [0.2, 0.25) is 10.0 Å². The van der Waals surface area contributed by atoms with E-state index in [0.717, 1.165) is 10.0 Å². The molecule has 0 aliphatic rings. The predicted octanol–water partition coefficient (Wildman–Crippen LogP) is 3.22. The molecule has 0 amide bonds. The van der Waals surface area contributed by atoms with Gasteiger partial charge in [-0.15, -0.1) is 0 Å². The van der Waals surface area contributed by atoms with E-state index < -0.39 is 10.0 Å². The van der Waals surface area contributed by atoms with Crippen LogP contribution in [0.4, 0.5) is 0 Å². The average Bonchev–Trinajstić information content (AvgIpc) is 2.33. The fourth-order valence-corrected chi connectivity index (χ4v) is 4.19. The first-order valence-corrected chi connectivity index (χ1v) is 8.98. The minimum atomic E-state index is -3.50. The molecule has 0 unspecified atom stereocenters. The van der Waals surface area contributed by atoms with Crippen molar-refractivity contribution in [3.63, 3.8) is 0 Å². The summed E-state index contributed by atoms with van der Waals surface area (Å²) in [5.74, 6) is 0. The molecule has 0 atom stereocenters. The normalized spacial score (nSPS) is 11.8. The molecule has 0 aliphatic heterocycles. The monoisotopic (exact) mass is 413 g/mol. The summed E-state index contributed by atoms with van der Waals surface area (Å²) in [5, 5.41) is 0. The van der Waals surface area contributed by atoms with Gasteiger partial charge in [0.05, 0.1) is 4.90 Å². The number of sulfonamides is 1. The largest absolute Gasteiger partial charge is 0.382 e. The van der Waals surface area contributed by atoms with Crippen molar-refractivity contribution in [3.05, 3.63) is 26.6 Å². The van der Waals surface area contributed by atoms with Crippen LogP contribution in [0.2, 0.25) is 0 Å². The van der Waals surface area contributed by atoms with Crippen LogP contribution in [-0.4, -0.2) is 28.2 Å². The average molecular weight is 415 g/mol. The highest BCUT2D eigenvalue weighted by atomic mass is 79.9. The quantitative estimate of drug-likeness (QED) is 0.696. The van der Waals surface area contributed by atoms with Crippen molar-refractivity contribution in [2.24, 2.45) is 0 Å². The highest BCUT2D eigenvalue weighted by Crippen LogP contribution is 2.28. The lowest BCUT2D eigenvalue weighted by atomic mass is 10.2. The molecule has 1 rings (SSSR count). The number of rotatable bonds is 7. The van der Waals surface area contributed by atoms with Gasteiger partial charge in [0, 0.05) is 28.7 Å². The lowest BCUT2D eigenvalue weighted by Crippen LogP contribution is -2.26. The summed E-state index contributed by atoms with van der Waals surface area (Å²) < 4.78 is 33.3. The molecule has 0 saturated carbocycles. The number of ether oxygens (including phenoxy) is 1. The molecule has 0 saturated heterocycles. The minimum Gasteiger partial charge on any atom is -0.382 e. The van der Waals surface area contributed by atoms with Crippen molar-refractivity contribution in [1.29, 1.82) is 0 Å². The maximum absolute atomic E-state index is 12.1. The Morgan fingerprint density at radius 3 is 2.58 bits per heavy atom. The Bertz CT molecular complexity index is 532. The first-order valence-electron chi connectivity index (χ1n) is 5.91. The summed E-state index contributed by atoms with van der Waals surface area (Å²) >= 11 is 6.63. The molecule has 0 heterocycles. The molecule has 0 spiro atoms. The molecule has 7 heteroatoms. The van der Waals surface area contributed by atoms with Crippen LogP contribution >= 0.6 is 31.9 Å². The van der Waals surface area contributed by atoms with E-state index in [4.69, 9.17) is 4.74 Å². The van der Waals surface area contributed by atoms with Gasteiger partial charge in [-0.25, -0.2) is 13.1 Å². The van der Waals surface area contributed by atoms with Gasteiger partial charge in [0.15, 0.2) is 0 Å². The van der Waals surface area contributed by atoms with E-state index in [0.29, 0.717) is 30.7 Å². The molecule has 0 bridgehead atoms. The van der Waals surface area contributed by atoms with E-state index in [-0.39, 0.29) is 4.90 Å². The van der Waals surface area contributed by atoms with E-state index in [1.165, 1.54) is 0 Å². The second-order valence-corrected chi connectivity index (χ2v) is 7.42. The molecular weight excluding hydrogens is 398 g/mol. The van der Waals surface area contributed by atoms with Crippen LogP contribution < -0.4 is 4.72 Å². The van der Waals surface area contributed by atoms with Crippen LogP contribution in [0, 0.1) is 6.92 Å². The molecule has 1 aromatic rings. The Morgan fingerprint density at radius 1 is 1.26 bits per heavy atom. The molecular formula is C12H17Br2NO3S. The van der Waals surface area contributed by atoms with Crippen molar-refractivity contribution in [2.75, 3.05) is 19.8 Å². The summed E-state index contributed by atoms with van der Waals surface area (Å²) in [6.07, 6.45) is 0.651. The maximum atomic E-state index is 12.1. The van der Waals surface area contributed by atoms with Gasteiger partial charge in [0.25, 0.3) is 0 Å². The highest BCUT2D eigenvalue weighted by molar-refractivity contribution is 9.11. The smallest absolute Gasteiger partial charge is 0.241 e. The third-order valence-electron chi connectivity index (χ3n) is 2.46. The zero-order chi connectivity index (χ0) is 14.5. The Labute approximate surface area is 131 Å². The summed E-state index contributed by atoms with van der Waals surface area (Å²) in [6.45, 7) is 5.37. The Morgan fingerprint density at radius 2 is 1.95 bits per heavy atom. The Hall–Kier alpha value is 0.0500. The van der Waals surface area contributed by atoms with Gasteiger partial charge in [0.1, 0.15) is 0 Å². The van der Waals surface area contributed by atoms with Gasteiger partial charge in [-0.05, 0) is 53.9 Å². The number of nitrogens with one attached hydrogen (secondary N) is 1. The van der Waals surface area contributed by atoms with E-state index in [1.54, 1.807) is 12.1 Å². The number of hydrogen-bond donors (Lipinski definition) is 1. The molecule has 1 aromatic carbocycles. The molecule has 0 aliphatic carbocycles. The number of halogens is 2. The van der Waals surface area contributed by atoms with E-state index in [9.17, 15) is 8.42 Å². The Kier molecular flexibility index (Phi) is 6.96. The molecule has 108 valence electrons. The summed E-state index contributed by atoms with van der Waals surface area (Å²) in [6, 6.07) is 3.38. The lowest BCUT2D eigenvalue weighted by Gasteiger charge is -2.10. The molecule has 19 heavy (non-hydrogen) atoms. The minimum absolute atomic E-state index is 0.237. The molecule has 1 N–H and O–H groups in total. The first-order chi connectivity index (χ1) is 8.88. The van der Waals surface area contributed by atoms with Crippen molar-refractivity contribution in [1.82, 2.24) is 4.72 Å². The summed E-state index contributed by atoms with van der Waals surface area (Å²) in [7, 11) is -3.50. The first kappa shape index (κ1) is 17.1. The summed E-state index contributed by atoms with van der Waals surface area (Å²) in [5.41, 5.74) is 0.974. The predicted molar refractivity (Wildman–Crippen MR) is 82.9 cm³/mol. The molecule has 0 fully saturated rings. The van der Waals surface area contributed by atoms with Crippen molar-refractivity contribution >= 4 is 41.9 Å². The fraction of sp³-hybridized carbons (Fsp3) is 0.500. The second kappa shape index (κ2) is 7.73. The van der Waals surface area contributed by atoms with Crippen LogP contribution in [-0.2, 0) is 14.8 Å². The van der Waals surface area contributed by atoms with Crippen LogP contribution in [0.3, 0.4) is 0 Å². The van der Waals surface area contributed by atoms with Crippen LogP contribution in [0.5, 0.6) is 0 Å². The topological polar surface area (TPSA) is 55.4 Å². The number of hydrogen-bond acceptors (Lipinski definition) is 3. The van der Waals surface area contributed by atoms with E-state index in [1.807, 2.05) is 13.8 Å². The van der Waals surface area contributed by atoms with Gasteiger partial charge >= 0.3 is 0 Å². The van der Waals surface area contributed by atoms with Gasteiger partial charge in [-0.2, -0.15) is 0 Å². The van der Waals surface area contributed by atoms with Crippen LogP contribution in [0.1, 0.15) is 18.9 Å². The van der Waals surface area contributed by atoms with Crippen LogP contribution in [0.15, 0.2) is 26.0 Å². The highest BCUT2D eigenvalue weighted by Gasteiger charge is 2.18. The zero-order valence-corrected chi connectivity index (χ0v) is 14.9. The van der Waals surface area contributed by atoms with Crippen molar-refractivity contribution in [2.45, 2.75) is 25.2 Å². The van der Waals surface area contributed by atoms with E-state index >= 15 is 0 Å². The second-order valence-electron chi connectivity index (χ2n) is 3.98. The lowest BCUT2D eigenvalue weighted by molar-refractivity contribution is 0.146. The third-order valence-corrected chi connectivity index (χ3v) is 5.74.